The molecule has 2 unspecified atom stereocenters. The third kappa shape index (κ3) is 3.28. The van der Waals surface area contributed by atoms with E-state index in [2.05, 4.69) is 38.1 Å². The molecule has 0 saturated heterocycles. The highest BCUT2D eigenvalue weighted by atomic mass is 16.3. The predicted molar refractivity (Wildman–Crippen MR) is 97.7 cm³/mol. The van der Waals surface area contributed by atoms with Gasteiger partial charge >= 0.3 is 0 Å². The van der Waals surface area contributed by atoms with Crippen molar-refractivity contribution in [3.63, 3.8) is 0 Å². The molecular formula is C22H22O2. The van der Waals surface area contributed by atoms with Crippen molar-refractivity contribution in [2.45, 2.75) is 25.7 Å². The molecule has 0 radical (unpaired) electrons. The largest absolute Gasteiger partial charge is 0.508 e. The molecule has 0 aliphatic heterocycles. The molecule has 0 fully saturated rings. The quantitative estimate of drug-likeness (QED) is 0.676. The van der Waals surface area contributed by atoms with Gasteiger partial charge in [0.25, 0.3) is 0 Å². The Kier molecular flexibility index (Phi) is 4.57. The summed E-state index contributed by atoms with van der Waals surface area (Å²) < 4.78 is 0. The predicted octanol–water partition coefficient (Wildman–Crippen LogP) is 5.40. The molecule has 0 saturated carbocycles. The molecule has 0 aromatic heterocycles. The summed E-state index contributed by atoms with van der Waals surface area (Å²) in [7, 11) is 0. The van der Waals surface area contributed by atoms with Gasteiger partial charge < -0.3 is 10.2 Å². The normalized spacial score (nSPS) is 13.4. The molecule has 2 nitrogen and oxygen atoms in total. The van der Waals surface area contributed by atoms with Crippen LogP contribution in [0.15, 0.2) is 72.8 Å². The van der Waals surface area contributed by atoms with Gasteiger partial charge in [-0.1, -0.05) is 62.4 Å². The van der Waals surface area contributed by atoms with Crippen LogP contribution in [0.3, 0.4) is 0 Å². The molecule has 0 amide bonds. The molecule has 0 spiro atoms. The standard InChI is InChI=1S/C22H22O2/c1-15(17-7-11-19(23)12-8-17)21-5-3-4-6-22(21)16(2)18-9-13-20(24)14-10-18/h3-16,23-24H,1-2H3. The van der Waals surface area contributed by atoms with E-state index in [1.165, 1.54) is 22.3 Å². The fraction of sp³-hybridized carbons (Fsp3) is 0.182. The number of rotatable bonds is 4. The Balaban J connectivity index is 1.98. The second kappa shape index (κ2) is 6.79. The van der Waals surface area contributed by atoms with E-state index >= 15 is 0 Å². The van der Waals surface area contributed by atoms with Crippen LogP contribution in [0.1, 0.15) is 47.9 Å². The second-order valence-corrected chi connectivity index (χ2v) is 6.26. The van der Waals surface area contributed by atoms with Crippen molar-refractivity contribution in [2.75, 3.05) is 0 Å². The van der Waals surface area contributed by atoms with Crippen molar-refractivity contribution in [1.82, 2.24) is 0 Å². The SMILES string of the molecule is CC(c1ccc(O)cc1)c1ccccc1C(C)c1ccc(O)cc1. The molecule has 0 aliphatic carbocycles. The van der Waals surface area contributed by atoms with Crippen LogP contribution in [0.25, 0.3) is 0 Å². The summed E-state index contributed by atoms with van der Waals surface area (Å²) in [5.74, 6) is 1.05. The van der Waals surface area contributed by atoms with Crippen molar-refractivity contribution >= 4 is 0 Å². The summed E-state index contributed by atoms with van der Waals surface area (Å²) in [6.45, 7) is 4.38. The Morgan fingerprint density at radius 3 is 1.21 bits per heavy atom. The number of phenolic OH excluding ortho intramolecular Hbond substituents is 2. The first-order chi connectivity index (χ1) is 11.6. The third-order valence-corrected chi connectivity index (χ3v) is 4.72. The topological polar surface area (TPSA) is 40.5 Å². The van der Waals surface area contributed by atoms with Gasteiger partial charge in [0, 0.05) is 11.8 Å². The summed E-state index contributed by atoms with van der Waals surface area (Å²) >= 11 is 0. The van der Waals surface area contributed by atoms with Crippen LogP contribution in [-0.2, 0) is 0 Å². The van der Waals surface area contributed by atoms with Gasteiger partial charge in [-0.2, -0.15) is 0 Å². The molecule has 0 aliphatic rings. The van der Waals surface area contributed by atoms with E-state index in [1.54, 1.807) is 24.3 Å². The maximum atomic E-state index is 9.50. The lowest BCUT2D eigenvalue weighted by atomic mass is 9.83. The van der Waals surface area contributed by atoms with Gasteiger partial charge in [-0.15, -0.1) is 0 Å². The average Bonchev–Trinajstić information content (AvgIpc) is 2.62. The molecule has 3 aromatic carbocycles. The Bertz CT molecular complexity index is 734. The molecule has 0 heterocycles. The smallest absolute Gasteiger partial charge is 0.115 e. The molecule has 3 aromatic rings. The van der Waals surface area contributed by atoms with Crippen LogP contribution in [0.4, 0.5) is 0 Å². The Labute approximate surface area is 143 Å². The van der Waals surface area contributed by atoms with Crippen molar-refractivity contribution in [2.24, 2.45) is 0 Å². The van der Waals surface area contributed by atoms with Gasteiger partial charge in [-0.05, 0) is 46.5 Å². The lowest BCUT2D eigenvalue weighted by Gasteiger charge is -2.21. The zero-order valence-electron chi connectivity index (χ0n) is 14.0. The molecule has 0 bridgehead atoms. The van der Waals surface area contributed by atoms with Crippen LogP contribution in [0, 0.1) is 0 Å². The summed E-state index contributed by atoms with van der Waals surface area (Å²) in [6, 6.07) is 23.3. The van der Waals surface area contributed by atoms with Crippen LogP contribution < -0.4 is 0 Å². The highest BCUT2D eigenvalue weighted by Gasteiger charge is 2.17. The molecule has 2 atom stereocenters. The van der Waals surface area contributed by atoms with Crippen LogP contribution >= 0.6 is 0 Å². The van der Waals surface area contributed by atoms with Gasteiger partial charge in [0.1, 0.15) is 11.5 Å². The van der Waals surface area contributed by atoms with E-state index in [1.807, 2.05) is 24.3 Å². The summed E-state index contributed by atoms with van der Waals surface area (Å²) in [4.78, 5) is 0. The third-order valence-electron chi connectivity index (χ3n) is 4.72. The lowest BCUT2D eigenvalue weighted by molar-refractivity contribution is 0.474. The Morgan fingerprint density at radius 1 is 0.542 bits per heavy atom. The van der Waals surface area contributed by atoms with Crippen LogP contribution in [0.2, 0.25) is 0 Å². The fourth-order valence-electron chi connectivity index (χ4n) is 3.18. The number of benzene rings is 3. The lowest BCUT2D eigenvalue weighted by Crippen LogP contribution is -2.05. The summed E-state index contributed by atoms with van der Waals surface area (Å²) in [6.07, 6.45) is 0. The van der Waals surface area contributed by atoms with Crippen molar-refractivity contribution in [1.29, 1.82) is 0 Å². The van der Waals surface area contributed by atoms with E-state index in [0.717, 1.165) is 0 Å². The van der Waals surface area contributed by atoms with Crippen LogP contribution in [0.5, 0.6) is 11.5 Å². The van der Waals surface area contributed by atoms with E-state index in [0.29, 0.717) is 0 Å². The van der Waals surface area contributed by atoms with Gasteiger partial charge in [-0.25, -0.2) is 0 Å². The summed E-state index contributed by atoms with van der Waals surface area (Å²) in [5, 5.41) is 19.0. The van der Waals surface area contributed by atoms with Gasteiger partial charge in [0.15, 0.2) is 0 Å². The molecule has 122 valence electrons. The van der Waals surface area contributed by atoms with E-state index in [-0.39, 0.29) is 23.3 Å². The maximum absolute atomic E-state index is 9.50. The van der Waals surface area contributed by atoms with E-state index < -0.39 is 0 Å². The Hall–Kier alpha value is -2.74. The average molecular weight is 318 g/mol. The zero-order chi connectivity index (χ0) is 17.1. The molecule has 2 N–H and O–H groups in total. The highest BCUT2D eigenvalue weighted by molar-refractivity contribution is 5.44. The van der Waals surface area contributed by atoms with Gasteiger partial charge in [0.2, 0.25) is 0 Å². The van der Waals surface area contributed by atoms with Crippen LogP contribution in [-0.4, -0.2) is 10.2 Å². The number of phenols is 2. The minimum atomic E-state index is 0.237. The minimum absolute atomic E-state index is 0.237. The monoisotopic (exact) mass is 318 g/mol. The first-order valence-electron chi connectivity index (χ1n) is 8.23. The highest BCUT2D eigenvalue weighted by Crippen LogP contribution is 2.34. The van der Waals surface area contributed by atoms with Crippen molar-refractivity contribution < 1.29 is 10.2 Å². The summed E-state index contributed by atoms with van der Waals surface area (Å²) in [5.41, 5.74) is 4.92. The molecule has 24 heavy (non-hydrogen) atoms. The minimum Gasteiger partial charge on any atom is -0.508 e. The zero-order valence-corrected chi connectivity index (χ0v) is 14.0. The first-order valence-corrected chi connectivity index (χ1v) is 8.23. The number of aromatic hydroxyl groups is 2. The van der Waals surface area contributed by atoms with Gasteiger partial charge in [-0.3, -0.25) is 0 Å². The Morgan fingerprint density at radius 2 is 0.875 bits per heavy atom. The maximum Gasteiger partial charge on any atom is 0.115 e. The van der Waals surface area contributed by atoms with E-state index in [9.17, 15) is 10.2 Å². The first kappa shape index (κ1) is 16.1. The molecule has 2 heteroatoms. The molecular weight excluding hydrogens is 296 g/mol. The van der Waals surface area contributed by atoms with Crippen molar-refractivity contribution in [3.8, 4) is 11.5 Å². The second-order valence-electron chi connectivity index (χ2n) is 6.26. The number of hydrogen-bond donors (Lipinski definition) is 2. The molecule has 3 rings (SSSR count). The fourth-order valence-corrected chi connectivity index (χ4v) is 3.18. The van der Waals surface area contributed by atoms with Crippen molar-refractivity contribution in [3.05, 3.63) is 95.1 Å². The van der Waals surface area contributed by atoms with Gasteiger partial charge in [0.05, 0.1) is 0 Å². The number of hydrogen-bond acceptors (Lipinski definition) is 2. The van der Waals surface area contributed by atoms with E-state index in [4.69, 9.17) is 0 Å².